The Morgan fingerprint density at radius 3 is 0.942 bits per heavy atom. The second-order valence-corrected chi connectivity index (χ2v) is 24.5. The molecule has 486 valence electrons. The van der Waals surface area contributed by atoms with E-state index in [1.54, 1.807) is 0 Å². The number of unbranched alkanes of at least 4 members (excludes halogenated alkanes) is 18. The molecule has 0 saturated carbocycles. The van der Waals surface area contributed by atoms with E-state index < -0.39 is 32.5 Å². The van der Waals surface area contributed by atoms with Gasteiger partial charge in [-0.05, 0) is 128 Å². The number of rotatable bonds is 60. The molecular weight excluding hydrogens is 1090 g/mol. The van der Waals surface area contributed by atoms with Crippen molar-refractivity contribution in [2.75, 3.05) is 47.5 Å². The quantitative estimate of drug-likeness (QED) is 0.0195. The summed E-state index contributed by atoms with van der Waals surface area (Å²) >= 11 is 0. The van der Waals surface area contributed by atoms with Crippen LogP contribution in [0.2, 0.25) is 0 Å². The molecule has 9 nitrogen and oxygen atoms in total. The largest absolute Gasteiger partial charge is 0.756 e. The van der Waals surface area contributed by atoms with Crippen LogP contribution in [0.15, 0.2) is 170 Å². The maximum absolute atomic E-state index is 12.8. The topological polar surface area (TPSA) is 111 Å². The van der Waals surface area contributed by atoms with Gasteiger partial charge in [0.2, 0.25) is 0 Å². The van der Waals surface area contributed by atoms with Gasteiger partial charge in [-0.25, -0.2) is 0 Å². The second-order valence-electron chi connectivity index (χ2n) is 23.1. The molecule has 0 heterocycles. The van der Waals surface area contributed by atoms with E-state index in [2.05, 4.69) is 184 Å². The molecule has 0 spiro atoms. The summed E-state index contributed by atoms with van der Waals surface area (Å²) in [6.45, 7) is 3.96. The number of quaternary nitrogens is 1. The average molecular weight is 1210 g/mol. The van der Waals surface area contributed by atoms with Crippen LogP contribution in [0.25, 0.3) is 0 Å². The van der Waals surface area contributed by atoms with E-state index in [-0.39, 0.29) is 26.1 Å². The van der Waals surface area contributed by atoms with Crippen LogP contribution < -0.4 is 4.89 Å². The van der Waals surface area contributed by atoms with Crippen LogP contribution in [0.3, 0.4) is 0 Å². The Labute approximate surface area is 528 Å². The van der Waals surface area contributed by atoms with Gasteiger partial charge in [-0.3, -0.25) is 14.2 Å². The van der Waals surface area contributed by atoms with E-state index in [1.165, 1.54) is 77.0 Å². The molecule has 0 amide bonds. The molecule has 0 aromatic carbocycles. The third kappa shape index (κ3) is 68.5. The average Bonchev–Trinajstić information content (AvgIpc) is 3.56. The van der Waals surface area contributed by atoms with Gasteiger partial charge in [-0.15, -0.1) is 0 Å². The number of nitrogens with zero attached hydrogens (tertiary/aromatic N) is 1. The molecule has 0 aliphatic carbocycles. The Morgan fingerprint density at radius 1 is 0.360 bits per heavy atom. The van der Waals surface area contributed by atoms with Gasteiger partial charge in [0, 0.05) is 12.8 Å². The molecule has 0 aliphatic rings. The highest BCUT2D eigenvalue weighted by atomic mass is 31.2. The van der Waals surface area contributed by atoms with Crippen molar-refractivity contribution >= 4 is 19.8 Å². The van der Waals surface area contributed by atoms with Crippen LogP contribution >= 0.6 is 7.82 Å². The summed E-state index contributed by atoms with van der Waals surface area (Å²) in [5, 5.41) is 0. The number of carbonyl (C=O) groups is 2. The highest BCUT2D eigenvalue weighted by molar-refractivity contribution is 7.45. The Kier molecular flexibility index (Phi) is 61.3. The van der Waals surface area contributed by atoms with Gasteiger partial charge >= 0.3 is 11.9 Å². The number of hydrogen-bond donors (Lipinski definition) is 0. The molecule has 0 radical (unpaired) electrons. The normalized spacial score (nSPS) is 14.3. The lowest BCUT2D eigenvalue weighted by Gasteiger charge is -2.28. The number of hydrogen-bond acceptors (Lipinski definition) is 8. The summed E-state index contributed by atoms with van der Waals surface area (Å²) in [7, 11) is 1.12. The first-order valence-electron chi connectivity index (χ1n) is 33.8. The van der Waals surface area contributed by atoms with Gasteiger partial charge in [0.1, 0.15) is 19.8 Å². The fraction of sp³-hybridized carbons (Fsp3) is 0.605. The first kappa shape index (κ1) is 81.4. The predicted octanol–water partition coefficient (Wildman–Crippen LogP) is 21.5. The van der Waals surface area contributed by atoms with Gasteiger partial charge in [0.05, 0.1) is 27.7 Å². The fourth-order valence-electron chi connectivity index (χ4n) is 8.62. The first-order chi connectivity index (χ1) is 42.0. The number of esters is 2. The molecule has 0 aromatic rings. The van der Waals surface area contributed by atoms with E-state index in [0.29, 0.717) is 17.4 Å². The number of allylic oxidation sites excluding steroid dienone is 28. The summed E-state index contributed by atoms with van der Waals surface area (Å²) in [6, 6.07) is 0. The highest BCUT2D eigenvalue weighted by Crippen LogP contribution is 2.38. The number of phosphoric acid groups is 1. The van der Waals surface area contributed by atoms with Crippen LogP contribution in [0.1, 0.15) is 245 Å². The molecule has 0 fully saturated rings. The predicted molar refractivity (Wildman–Crippen MR) is 369 cm³/mol. The van der Waals surface area contributed by atoms with Crippen LogP contribution in [-0.2, 0) is 32.7 Å². The van der Waals surface area contributed by atoms with Gasteiger partial charge < -0.3 is 27.9 Å². The molecule has 0 saturated heterocycles. The zero-order chi connectivity index (χ0) is 62.6. The number of likely N-dealkylation sites (N-methyl/N-ethyl adjacent to an activating group) is 1. The van der Waals surface area contributed by atoms with Crippen LogP contribution in [0.4, 0.5) is 0 Å². The Hall–Kier alpha value is -4.63. The number of carbonyl (C=O) groups excluding carboxylic acids is 2. The van der Waals surface area contributed by atoms with Gasteiger partial charge in [-0.1, -0.05) is 274 Å². The summed E-state index contributed by atoms with van der Waals surface area (Å²) in [5.41, 5.74) is 0. The zero-order valence-corrected chi connectivity index (χ0v) is 56.1. The minimum atomic E-state index is -4.66. The van der Waals surface area contributed by atoms with E-state index in [4.69, 9.17) is 18.5 Å². The lowest BCUT2D eigenvalue weighted by molar-refractivity contribution is -0.870. The number of phosphoric ester groups is 1. The zero-order valence-electron chi connectivity index (χ0n) is 55.2. The first-order valence-corrected chi connectivity index (χ1v) is 35.3. The second kappa shape index (κ2) is 64.8. The van der Waals surface area contributed by atoms with E-state index >= 15 is 0 Å². The van der Waals surface area contributed by atoms with E-state index in [9.17, 15) is 19.0 Å². The smallest absolute Gasteiger partial charge is 0.306 e. The standard InChI is InChI=1S/C76H124NO8P/c1-6-8-10-12-14-16-18-20-22-24-26-28-30-32-34-36-38-40-42-44-46-48-50-52-54-56-58-60-62-64-66-68-75(78)82-72-74(73-84-86(80,81)83-71-70-77(3,4)5)85-76(79)69-67-65-63-61-59-57-55-53-51-49-47-45-43-41-39-37-35-33-31-29-27-25-23-21-19-17-15-13-11-9-7-2/h8-11,14-17,20-23,26-29,32-35,39,41,45,47,51,53,57,59,74H,6-7,12-13,18-19,24-25,30-31,36-38,40,42-44,46,48-50,52,54-56,58,60-73H2,1-5H3/b10-8-,11-9-,16-14-,17-15-,22-20-,23-21-,28-26-,29-27-,34-32-,35-33-,41-39-,47-45-,53-51-,59-57-. The van der Waals surface area contributed by atoms with Crippen LogP contribution in [-0.4, -0.2) is 70.0 Å². The number of ether oxygens (including phenoxy) is 2. The van der Waals surface area contributed by atoms with Crippen molar-refractivity contribution in [2.24, 2.45) is 0 Å². The lowest BCUT2D eigenvalue weighted by Crippen LogP contribution is -2.37. The lowest BCUT2D eigenvalue weighted by atomic mass is 10.0. The fourth-order valence-corrected chi connectivity index (χ4v) is 9.35. The maximum atomic E-state index is 12.8. The summed E-state index contributed by atoms with van der Waals surface area (Å²) in [6.07, 6.45) is 98.5. The SMILES string of the molecule is CC/C=C\C/C=C\C/C=C\C/C=C\C/C=C\C/C=C\C/C=C\C/C=C\C/C=C\CCCCCC(=O)OC(COC(=O)CCCCCCCCCCCCCCCCC/C=C\C/C=C\C/C=C\C/C=C\C/C=C\CC)COP(=O)([O-])OCC[N+](C)(C)C. The van der Waals surface area contributed by atoms with Crippen molar-refractivity contribution in [1.29, 1.82) is 0 Å². The van der Waals surface area contributed by atoms with Crippen LogP contribution in [0, 0.1) is 0 Å². The minimum absolute atomic E-state index is 0.0466. The minimum Gasteiger partial charge on any atom is -0.756 e. The molecular formula is C76H124NO8P. The monoisotopic (exact) mass is 1210 g/mol. The van der Waals surface area contributed by atoms with Gasteiger partial charge in [0.15, 0.2) is 6.10 Å². The van der Waals surface area contributed by atoms with Crippen molar-refractivity contribution in [1.82, 2.24) is 0 Å². The summed E-state index contributed by atoms with van der Waals surface area (Å²) in [5.74, 6) is -0.881. The molecule has 10 heteroatoms. The van der Waals surface area contributed by atoms with Gasteiger partial charge in [-0.2, -0.15) is 0 Å². The van der Waals surface area contributed by atoms with Crippen molar-refractivity contribution in [3.05, 3.63) is 170 Å². The maximum Gasteiger partial charge on any atom is 0.306 e. The van der Waals surface area contributed by atoms with Crippen molar-refractivity contribution in [3.63, 3.8) is 0 Å². The summed E-state index contributed by atoms with van der Waals surface area (Å²) < 4.78 is 34.2. The van der Waals surface area contributed by atoms with Crippen LogP contribution in [0.5, 0.6) is 0 Å². The van der Waals surface area contributed by atoms with Crippen molar-refractivity contribution in [2.45, 2.75) is 251 Å². The molecule has 2 unspecified atom stereocenters. The molecule has 0 rings (SSSR count). The van der Waals surface area contributed by atoms with E-state index in [1.807, 2.05) is 21.1 Å². The van der Waals surface area contributed by atoms with Crippen molar-refractivity contribution in [3.8, 4) is 0 Å². The summed E-state index contributed by atoms with van der Waals surface area (Å²) in [4.78, 5) is 38.0. The molecule has 2 atom stereocenters. The highest BCUT2D eigenvalue weighted by Gasteiger charge is 2.22. The molecule has 0 aliphatic heterocycles. The molecule has 86 heavy (non-hydrogen) atoms. The van der Waals surface area contributed by atoms with Crippen molar-refractivity contribution < 1.29 is 42.1 Å². The third-order valence-corrected chi connectivity index (χ3v) is 14.7. The molecule has 0 bridgehead atoms. The van der Waals surface area contributed by atoms with E-state index in [0.717, 1.165) is 135 Å². The Morgan fingerprint density at radius 2 is 0.628 bits per heavy atom. The third-order valence-electron chi connectivity index (χ3n) is 13.7. The molecule has 0 N–H and O–H groups in total. The Balaban J connectivity index is 4.19. The molecule has 0 aromatic heterocycles. The van der Waals surface area contributed by atoms with Gasteiger partial charge in [0.25, 0.3) is 7.82 Å². The Bertz CT molecular complexity index is 2060.